The Hall–Kier alpha value is -1.10. The van der Waals surface area contributed by atoms with Gasteiger partial charge in [0.05, 0.1) is 6.54 Å². The van der Waals surface area contributed by atoms with E-state index in [2.05, 4.69) is 39.4 Å². The minimum atomic E-state index is 0.740. The summed E-state index contributed by atoms with van der Waals surface area (Å²) in [6, 6.07) is 0. The van der Waals surface area contributed by atoms with E-state index in [0.29, 0.717) is 0 Å². The first kappa shape index (κ1) is 14.3. The largest absolute Gasteiger partial charge is 0.350 e. The van der Waals surface area contributed by atoms with Crippen LogP contribution >= 0.6 is 11.3 Å². The maximum Gasteiger partial charge on any atom is 0.194 e. The van der Waals surface area contributed by atoms with Crippen LogP contribution in [0.2, 0.25) is 0 Å². The van der Waals surface area contributed by atoms with Crippen LogP contribution in [0.15, 0.2) is 10.4 Å². The Morgan fingerprint density at radius 1 is 1.47 bits per heavy atom. The molecule has 0 aromatic carbocycles. The Balaban J connectivity index is 1.93. The number of rotatable bonds is 2. The Bertz CT molecular complexity index is 430. The molecule has 2 atom stereocenters. The maximum atomic E-state index is 4.47. The van der Waals surface area contributed by atoms with Crippen LogP contribution in [-0.2, 0) is 6.54 Å². The van der Waals surface area contributed by atoms with Crippen LogP contribution in [0.5, 0.6) is 0 Å². The van der Waals surface area contributed by atoms with Gasteiger partial charge in [0.1, 0.15) is 5.01 Å². The topological polar surface area (TPSA) is 40.5 Å². The van der Waals surface area contributed by atoms with E-state index in [-0.39, 0.29) is 0 Å². The number of aryl methyl sites for hydroxylation is 1. The third kappa shape index (κ3) is 3.93. The third-order valence-corrected chi connectivity index (χ3v) is 4.41. The van der Waals surface area contributed by atoms with Crippen molar-refractivity contribution in [1.82, 2.24) is 15.2 Å². The van der Waals surface area contributed by atoms with Gasteiger partial charge in [0.25, 0.3) is 0 Å². The number of guanidine groups is 1. The van der Waals surface area contributed by atoms with Crippen molar-refractivity contribution >= 4 is 17.3 Å². The zero-order valence-corrected chi connectivity index (χ0v) is 13.1. The zero-order chi connectivity index (χ0) is 13.8. The number of nitrogens with one attached hydrogen (secondary N) is 1. The summed E-state index contributed by atoms with van der Waals surface area (Å²) in [4.78, 5) is 11.3. The van der Waals surface area contributed by atoms with Crippen molar-refractivity contribution in [2.24, 2.45) is 16.8 Å². The predicted octanol–water partition coefficient (Wildman–Crippen LogP) is 2.50. The molecule has 19 heavy (non-hydrogen) atoms. The Kier molecular flexibility index (Phi) is 4.80. The van der Waals surface area contributed by atoms with E-state index in [1.807, 2.05) is 14.0 Å². The van der Waals surface area contributed by atoms with E-state index in [1.165, 1.54) is 6.42 Å². The Morgan fingerprint density at radius 2 is 2.16 bits per heavy atom. The van der Waals surface area contributed by atoms with Gasteiger partial charge in [0.2, 0.25) is 0 Å². The van der Waals surface area contributed by atoms with Crippen molar-refractivity contribution in [3.8, 4) is 0 Å². The fourth-order valence-corrected chi connectivity index (χ4v) is 3.52. The highest BCUT2D eigenvalue weighted by Crippen LogP contribution is 2.21. The molecule has 0 saturated carbocycles. The van der Waals surface area contributed by atoms with Gasteiger partial charge in [-0.3, -0.25) is 4.99 Å². The lowest BCUT2D eigenvalue weighted by molar-refractivity contribution is 0.208. The molecule has 1 fully saturated rings. The number of nitrogens with zero attached hydrogens (tertiary/aromatic N) is 3. The number of thiazole rings is 1. The molecule has 1 aliphatic heterocycles. The molecule has 1 saturated heterocycles. The van der Waals surface area contributed by atoms with Gasteiger partial charge in [-0.25, -0.2) is 4.98 Å². The van der Waals surface area contributed by atoms with Crippen LogP contribution < -0.4 is 5.32 Å². The second kappa shape index (κ2) is 6.37. The number of hydrogen-bond donors (Lipinski definition) is 1. The van der Waals surface area contributed by atoms with Crippen LogP contribution in [0, 0.1) is 18.8 Å². The first-order chi connectivity index (χ1) is 9.08. The van der Waals surface area contributed by atoms with Gasteiger partial charge in [0.15, 0.2) is 5.96 Å². The minimum absolute atomic E-state index is 0.740. The van der Waals surface area contributed by atoms with Crippen LogP contribution in [0.25, 0.3) is 0 Å². The highest BCUT2D eigenvalue weighted by atomic mass is 32.1. The van der Waals surface area contributed by atoms with Crippen molar-refractivity contribution in [2.75, 3.05) is 20.1 Å². The molecule has 2 rings (SSSR count). The van der Waals surface area contributed by atoms with Gasteiger partial charge in [-0.05, 0) is 25.2 Å². The second-order valence-electron chi connectivity index (χ2n) is 5.63. The minimum Gasteiger partial charge on any atom is -0.350 e. The van der Waals surface area contributed by atoms with E-state index >= 15 is 0 Å². The molecule has 1 aromatic heterocycles. The molecule has 0 radical (unpaired) electrons. The van der Waals surface area contributed by atoms with Gasteiger partial charge in [-0.1, -0.05) is 13.8 Å². The van der Waals surface area contributed by atoms with E-state index in [1.54, 1.807) is 11.3 Å². The molecule has 4 nitrogen and oxygen atoms in total. The first-order valence-electron chi connectivity index (χ1n) is 6.95. The quantitative estimate of drug-likeness (QED) is 0.668. The molecule has 1 aromatic rings. The summed E-state index contributed by atoms with van der Waals surface area (Å²) < 4.78 is 0. The normalized spacial score (nSPS) is 24.6. The van der Waals surface area contributed by atoms with Gasteiger partial charge < -0.3 is 10.2 Å². The highest BCUT2D eigenvalue weighted by Gasteiger charge is 2.23. The lowest BCUT2D eigenvalue weighted by Crippen LogP contribution is -2.48. The standard InChI is InChI=1S/C14H24N4S/c1-10-5-11(2)8-18(7-10)14(15-4)16-6-13-17-12(3)9-19-13/h9-11H,5-8H2,1-4H3,(H,15,16). The lowest BCUT2D eigenvalue weighted by Gasteiger charge is -2.37. The van der Waals surface area contributed by atoms with Crippen molar-refractivity contribution in [2.45, 2.75) is 33.7 Å². The molecule has 0 spiro atoms. The van der Waals surface area contributed by atoms with Gasteiger partial charge in [-0.15, -0.1) is 11.3 Å². The van der Waals surface area contributed by atoms with Crippen molar-refractivity contribution in [3.05, 3.63) is 16.1 Å². The molecule has 2 unspecified atom stereocenters. The Labute approximate surface area is 120 Å². The monoisotopic (exact) mass is 280 g/mol. The third-order valence-electron chi connectivity index (χ3n) is 3.44. The SMILES string of the molecule is CN=C(NCc1nc(C)cs1)N1CC(C)CC(C)C1. The van der Waals surface area contributed by atoms with E-state index in [0.717, 1.165) is 48.1 Å². The van der Waals surface area contributed by atoms with Gasteiger partial charge >= 0.3 is 0 Å². The molecule has 2 heterocycles. The number of aromatic nitrogens is 1. The number of likely N-dealkylation sites (tertiary alicyclic amines) is 1. The molecule has 106 valence electrons. The highest BCUT2D eigenvalue weighted by molar-refractivity contribution is 7.09. The van der Waals surface area contributed by atoms with Gasteiger partial charge in [-0.2, -0.15) is 0 Å². The summed E-state index contributed by atoms with van der Waals surface area (Å²) in [6.07, 6.45) is 1.32. The maximum absolute atomic E-state index is 4.47. The van der Waals surface area contributed by atoms with Crippen molar-refractivity contribution in [3.63, 3.8) is 0 Å². The van der Waals surface area contributed by atoms with Crippen molar-refractivity contribution < 1.29 is 0 Å². The first-order valence-corrected chi connectivity index (χ1v) is 7.83. The predicted molar refractivity (Wildman–Crippen MR) is 81.6 cm³/mol. The average molecular weight is 280 g/mol. The number of piperidine rings is 1. The van der Waals surface area contributed by atoms with E-state index < -0.39 is 0 Å². The molecule has 5 heteroatoms. The summed E-state index contributed by atoms with van der Waals surface area (Å²) in [5, 5.41) is 6.64. The molecule has 1 N–H and O–H groups in total. The molecule has 1 aliphatic rings. The summed E-state index contributed by atoms with van der Waals surface area (Å²) in [5.41, 5.74) is 1.09. The fourth-order valence-electron chi connectivity index (χ4n) is 2.81. The van der Waals surface area contributed by atoms with E-state index in [4.69, 9.17) is 0 Å². The van der Waals surface area contributed by atoms with Gasteiger partial charge in [0, 0.05) is 31.2 Å². The molecular weight excluding hydrogens is 256 g/mol. The van der Waals surface area contributed by atoms with Crippen LogP contribution in [0.4, 0.5) is 0 Å². The summed E-state index contributed by atoms with van der Waals surface area (Å²) in [7, 11) is 1.86. The number of hydrogen-bond acceptors (Lipinski definition) is 3. The molecule has 0 amide bonds. The summed E-state index contributed by atoms with van der Waals surface area (Å²) in [5.74, 6) is 2.49. The average Bonchev–Trinajstić information content (AvgIpc) is 2.75. The summed E-state index contributed by atoms with van der Waals surface area (Å²) >= 11 is 1.70. The molecule has 0 aliphatic carbocycles. The lowest BCUT2D eigenvalue weighted by atomic mass is 9.92. The van der Waals surface area contributed by atoms with Crippen LogP contribution in [-0.4, -0.2) is 36.0 Å². The van der Waals surface area contributed by atoms with Crippen LogP contribution in [0.1, 0.15) is 31.0 Å². The zero-order valence-electron chi connectivity index (χ0n) is 12.3. The number of aliphatic imine (C=N–C) groups is 1. The smallest absolute Gasteiger partial charge is 0.194 e. The second-order valence-corrected chi connectivity index (χ2v) is 6.58. The van der Waals surface area contributed by atoms with E-state index in [9.17, 15) is 0 Å². The van der Waals surface area contributed by atoms with Crippen molar-refractivity contribution in [1.29, 1.82) is 0 Å². The fraction of sp³-hybridized carbons (Fsp3) is 0.714. The summed E-state index contributed by atoms with van der Waals surface area (Å²) in [6.45, 7) is 9.63. The van der Waals surface area contributed by atoms with Crippen LogP contribution in [0.3, 0.4) is 0 Å². The Morgan fingerprint density at radius 3 is 2.68 bits per heavy atom. The molecular formula is C14H24N4S. The molecule has 0 bridgehead atoms.